The van der Waals surface area contributed by atoms with Gasteiger partial charge in [0.15, 0.2) is 0 Å². The Labute approximate surface area is 126 Å². The van der Waals surface area contributed by atoms with Gasteiger partial charge in [0.05, 0.1) is 10.8 Å². The quantitative estimate of drug-likeness (QED) is 0.361. The summed E-state index contributed by atoms with van der Waals surface area (Å²) in [6.07, 6.45) is 1.92. The fourth-order valence-corrected chi connectivity index (χ4v) is 3.80. The molecule has 19 heavy (non-hydrogen) atoms. The molecule has 0 unspecified atom stereocenters. The summed E-state index contributed by atoms with van der Waals surface area (Å²) in [6.45, 7) is 2.19. The predicted octanol–water partition coefficient (Wildman–Crippen LogP) is 4.13. The van der Waals surface area contributed by atoms with E-state index in [9.17, 15) is 4.79 Å². The maximum atomic E-state index is 11.6. The molecule has 0 aliphatic carbocycles. The van der Waals surface area contributed by atoms with Gasteiger partial charge in [-0.2, -0.15) is 0 Å². The van der Waals surface area contributed by atoms with Crippen LogP contribution in [0.15, 0.2) is 51.0 Å². The average molecular weight is 308 g/mol. The van der Waals surface area contributed by atoms with Crippen LogP contribution < -0.4 is 0 Å². The molecule has 0 atom stereocenters. The minimum atomic E-state index is -0.269. The van der Waals surface area contributed by atoms with Crippen molar-refractivity contribution in [2.75, 3.05) is 6.61 Å². The molecule has 1 aromatic rings. The monoisotopic (exact) mass is 308 g/mol. The lowest BCUT2D eigenvalue weighted by atomic mass is 10.1. The first-order valence-corrected chi connectivity index (χ1v) is 7.84. The molecule has 0 bridgehead atoms. The van der Waals surface area contributed by atoms with E-state index in [-0.39, 0.29) is 5.97 Å². The van der Waals surface area contributed by atoms with E-state index in [1.807, 2.05) is 41.8 Å². The van der Waals surface area contributed by atoms with Crippen molar-refractivity contribution in [3.63, 3.8) is 0 Å². The molecule has 0 amide bonds. The van der Waals surface area contributed by atoms with Crippen molar-refractivity contribution in [2.24, 2.45) is 0 Å². The van der Waals surface area contributed by atoms with E-state index in [2.05, 4.69) is 0 Å². The zero-order valence-corrected chi connectivity index (χ0v) is 12.7. The standard InChI is InChI=1S/C14H12O2S3/c1-2-16-14(15)12-9-18-13(19-12)8-11(17)10-6-4-3-5-7-10/h3-9H,2H2,1H3/b13-8+. The van der Waals surface area contributed by atoms with Gasteiger partial charge in [0.25, 0.3) is 0 Å². The number of ether oxygens (including phenoxy) is 1. The van der Waals surface area contributed by atoms with Crippen molar-refractivity contribution in [3.05, 3.63) is 56.5 Å². The van der Waals surface area contributed by atoms with Crippen molar-refractivity contribution in [2.45, 2.75) is 6.92 Å². The Hall–Kier alpha value is -1.04. The van der Waals surface area contributed by atoms with Crippen LogP contribution in [0.3, 0.4) is 0 Å². The summed E-state index contributed by atoms with van der Waals surface area (Å²) in [4.78, 5) is 13.0. The highest BCUT2D eigenvalue weighted by atomic mass is 32.2. The van der Waals surface area contributed by atoms with Crippen molar-refractivity contribution in [3.8, 4) is 0 Å². The van der Waals surface area contributed by atoms with Gasteiger partial charge in [-0.25, -0.2) is 4.79 Å². The molecule has 2 rings (SSSR count). The Bertz CT molecular complexity index is 547. The number of thiocarbonyl (C=S) groups is 1. The van der Waals surface area contributed by atoms with E-state index in [0.29, 0.717) is 11.5 Å². The van der Waals surface area contributed by atoms with Crippen molar-refractivity contribution in [1.82, 2.24) is 0 Å². The van der Waals surface area contributed by atoms with Gasteiger partial charge < -0.3 is 4.74 Å². The van der Waals surface area contributed by atoms with Crippen LogP contribution in [0, 0.1) is 0 Å². The maximum Gasteiger partial charge on any atom is 0.345 e. The Morgan fingerprint density at radius 3 is 2.79 bits per heavy atom. The molecule has 0 saturated heterocycles. The SMILES string of the molecule is CCOC(=O)C1=CS/C(=C\C(=S)c2ccccc2)S1. The molecule has 0 spiro atoms. The molecular formula is C14H12O2S3. The van der Waals surface area contributed by atoms with Gasteiger partial charge in [-0.1, -0.05) is 66.1 Å². The normalized spacial score (nSPS) is 16.3. The zero-order valence-electron chi connectivity index (χ0n) is 10.3. The lowest BCUT2D eigenvalue weighted by Gasteiger charge is -2.01. The third-order valence-corrected chi connectivity index (χ3v) is 4.85. The second-order valence-electron chi connectivity index (χ2n) is 3.62. The molecule has 1 heterocycles. The largest absolute Gasteiger partial charge is 0.462 e. The molecule has 2 nitrogen and oxygen atoms in total. The van der Waals surface area contributed by atoms with Crippen LogP contribution in [0.5, 0.6) is 0 Å². The van der Waals surface area contributed by atoms with E-state index in [1.54, 1.807) is 6.92 Å². The molecule has 0 fully saturated rings. The van der Waals surface area contributed by atoms with E-state index < -0.39 is 0 Å². The smallest absolute Gasteiger partial charge is 0.345 e. The van der Waals surface area contributed by atoms with Crippen LogP contribution in [-0.4, -0.2) is 17.4 Å². The lowest BCUT2D eigenvalue weighted by Crippen LogP contribution is -2.03. The highest BCUT2D eigenvalue weighted by Gasteiger charge is 2.20. The topological polar surface area (TPSA) is 26.3 Å². The Morgan fingerprint density at radius 1 is 1.37 bits per heavy atom. The van der Waals surface area contributed by atoms with Crippen LogP contribution in [0.25, 0.3) is 0 Å². The maximum absolute atomic E-state index is 11.6. The number of carbonyl (C=O) groups is 1. The molecule has 0 aromatic heterocycles. The highest BCUT2D eigenvalue weighted by molar-refractivity contribution is 8.28. The summed E-state index contributed by atoms with van der Waals surface area (Å²) < 4.78 is 5.96. The number of hydrogen-bond donors (Lipinski definition) is 0. The minimum absolute atomic E-state index is 0.269. The van der Waals surface area contributed by atoms with Crippen LogP contribution in [0.1, 0.15) is 12.5 Å². The van der Waals surface area contributed by atoms with Gasteiger partial charge in [-0.3, -0.25) is 0 Å². The number of thioether (sulfide) groups is 2. The fraction of sp³-hybridized carbons (Fsp3) is 0.143. The molecule has 0 N–H and O–H groups in total. The Morgan fingerprint density at radius 2 is 2.11 bits per heavy atom. The second-order valence-corrected chi connectivity index (χ2v) is 6.31. The Balaban J connectivity index is 2.01. The number of benzene rings is 1. The average Bonchev–Trinajstić information content (AvgIpc) is 2.88. The Kier molecular flexibility index (Phi) is 5.24. The molecule has 0 saturated carbocycles. The third kappa shape index (κ3) is 3.96. The summed E-state index contributed by atoms with van der Waals surface area (Å²) in [7, 11) is 0. The summed E-state index contributed by atoms with van der Waals surface area (Å²) in [5.41, 5.74) is 1.01. The van der Waals surface area contributed by atoms with Crippen molar-refractivity contribution in [1.29, 1.82) is 0 Å². The molecule has 98 valence electrons. The molecule has 5 heteroatoms. The zero-order chi connectivity index (χ0) is 13.7. The summed E-state index contributed by atoms with van der Waals surface area (Å²) in [5.74, 6) is -0.269. The molecule has 1 aromatic carbocycles. The van der Waals surface area contributed by atoms with E-state index in [0.717, 1.165) is 14.7 Å². The van der Waals surface area contributed by atoms with Gasteiger partial charge in [0.1, 0.15) is 4.91 Å². The predicted molar refractivity (Wildman–Crippen MR) is 86.1 cm³/mol. The molecular weight excluding hydrogens is 296 g/mol. The summed E-state index contributed by atoms with van der Waals surface area (Å²) in [6, 6.07) is 9.82. The lowest BCUT2D eigenvalue weighted by molar-refractivity contribution is -0.137. The first-order chi connectivity index (χ1) is 9.20. The summed E-state index contributed by atoms with van der Waals surface area (Å²) in [5, 5.41) is 1.81. The second kappa shape index (κ2) is 6.93. The van der Waals surface area contributed by atoms with E-state index in [1.165, 1.54) is 23.5 Å². The molecule has 1 aliphatic rings. The number of rotatable bonds is 4. The number of hydrogen-bond acceptors (Lipinski definition) is 5. The third-order valence-electron chi connectivity index (χ3n) is 2.28. The number of carbonyl (C=O) groups excluding carboxylic acids is 1. The van der Waals surface area contributed by atoms with Crippen LogP contribution in [-0.2, 0) is 9.53 Å². The van der Waals surface area contributed by atoms with Crippen molar-refractivity contribution >= 4 is 46.6 Å². The number of allylic oxidation sites excluding steroid dienone is 1. The van der Waals surface area contributed by atoms with E-state index >= 15 is 0 Å². The first-order valence-electron chi connectivity index (χ1n) is 5.73. The van der Waals surface area contributed by atoms with Gasteiger partial charge in [-0.15, -0.1) is 0 Å². The fourth-order valence-electron chi connectivity index (χ4n) is 1.42. The van der Waals surface area contributed by atoms with Crippen molar-refractivity contribution < 1.29 is 9.53 Å². The first kappa shape index (κ1) is 14.4. The van der Waals surface area contributed by atoms with Crippen LogP contribution in [0.2, 0.25) is 0 Å². The number of esters is 1. The molecule has 0 radical (unpaired) electrons. The van der Waals surface area contributed by atoms with Gasteiger partial charge in [-0.05, 0) is 24.0 Å². The summed E-state index contributed by atoms with van der Waals surface area (Å²) >= 11 is 8.28. The molecule has 1 aliphatic heterocycles. The van der Waals surface area contributed by atoms with Gasteiger partial charge in [0.2, 0.25) is 0 Å². The van der Waals surface area contributed by atoms with E-state index in [4.69, 9.17) is 17.0 Å². The van der Waals surface area contributed by atoms with Crippen LogP contribution in [0.4, 0.5) is 0 Å². The van der Waals surface area contributed by atoms with Gasteiger partial charge >= 0.3 is 5.97 Å². The van der Waals surface area contributed by atoms with Gasteiger partial charge in [0, 0.05) is 4.86 Å². The minimum Gasteiger partial charge on any atom is -0.462 e. The highest BCUT2D eigenvalue weighted by Crippen LogP contribution is 2.44. The van der Waals surface area contributed by atoms with Crippen LogP contribution >= 0.6 is 35.7 Å².